The van der Waals surface area contributed by atoms with Gasteiger partial charge >= 0.3 is 0 Å². The van der Waals surface area contributed by atoms with Gasteiger partial charge < -0.3 is 0 Å². The van der Waals surface area contributed by atoms with E-state index >= 15 is 0 Å². The molecule has 0 aliphatic rings. The van der Waals surface area contributed by atoms with E-state index in [1.165, 1.54) is 0 Å². The van der Waals surface area contributed by atoms with Crippen LogP contribution in [0.4, 0.5) is 0 Å². The molecule has 0 radical (unpaired) electrons. The maximum Gasteiger partial charge on any atom is 0.152 e. The molecule has 0 aromatic heterocycles. The molecular formula is C21H15Br2N3. The molecule has 0 heterocycles. The van der Waals surface area contributed by atoms with Gasteiger partial charge in [-0.15, -0.1) is 0 Å². The van der Waals surface area contributed by atoms with Crippen molar-refractivity contribution in [3.8, 4) is 0 Å². The van der Waals surface area contributed by atoms with Crippen LogP contribution in [-0.4, -0.2) is 17.3 Å². The highest BCUT2D eigenvalue weighted by Crippen LogP contribution is 2.18. The van der Waals surface area contributed by atoms with Crippen LogP contribution in [0.25, 0.3) is 0 Å². The molecule has 0 bridgehead atoms. The van der Waals surface area contributed by atoms with Gasteiger partial charge in [0.25, 0.3) is 0 Å². The molecule has 0 saturated heterocycles. The zero-order valence-electron chi connectivity index (χ0n) is 13.7. The second-order valence-electron chi connectivity index (χ2n) is 5.57. The Morgan fingerprint density at radius 1 is 0.654 bits per heavy atom. The second kappa shape index (κ2) is 8.34. The highest BCUT2D eigenvalue weighted by atomic mass is 79.9. The van der Waals surface area contributed by atoms with E-state index in [1.807, 2.05) is 78.9 Å². The number of rotatable bonds is 4. The maximum atomic E-state index is 8.68. The molecular weight excluding hydrogens is 454 g/mol. The molecule has 2 N–H and O–H groups in total. The third kappa shape index (κ3) is 4.42. The quantitative estimate of drug-likeness (QED) is 0.343. The summed E-state index contributed by atoms with van der Waals surface area (Å²) in [7, 11) is 0. The number of amidine groups is 1. The van der Waals surface area contributed by atoms with Crippen LogP contribution in [0.1, 0.15) is 16.7 Å². The van der Waals surface area contributed by atoms with Crippen LogP contribution in [0.2, 0.25) is 0 Å². The topological polar surface area (TPSA) is 60.1 Å². The van der Waals surface area contributed by atoms with Crippen LogP contribution >= 0.6 is 31.9 Å². The molecule has 0 fully saturated rings. The molecule has 0 amide bonds. The van der Waals surface area contributed by atoms with Crippen LogP contribution in [0.3, 0.4) is 0 Å². The van der Waals surface area contributed by atoms with Crippen molar-refractivity contribution in [2.24, 2.45) is 4.99 Å². The number of nitrogens with zero attached hydrogens (tertiary/aromatic N) is 1. The Kier molecular flexibility index (Phi) is 5.91. The van der Waals surface area contributed by atoms with Gasteiger partial charge in [-0.3, -0.25) is 10.8 Å². The lowest BCUT2D eigenvalue weighted by Gasteiger charge is -2.11. The molecule has 0 aliphatic carbocycles. The van der Waals surface area contributed by atoms with E-state index in [9.17, 15) is 0 Å². The average Bonchev–Trinajstić information content (AvgIpc) is 2.66. The van der Waals surface area contributed by atoms with Crippen molar-refractivity contribution >= 4 is 49.1 Å². The van der Waals surface area contributed by atoms with Gasteiger partial charge in [-0.25, -0.2) is 4.99 Å². The first-order chi connectivity index (χ1) is 12.5. The molecule has 3 aromatic carbocycles. The molecule has 3 aromatic rings. The summed E-state index contributed by atoms with van der Waals surface area (Å²) in [5, 5.41) is 17.0. The Morgan fingerprint density at radius 3 is 1.81 bits per heavy atom. The highest BCUT2D eigenvalue weighted by Gasteiger charge is 2.15. The summed E-state index contributed by atoms with van der Waals surface area (Å²) in [5.41, 5.74) is 2.95. The number of hydrogen-bond donors (Lipinski definition) is 2. The van der Waals surface area contributed by atoms with Gasteiger partial charge in [0.05, 0.1) is 11.4 Å². The molecule has 0 saturated carbocycles. The average molecular weight is 469 g/mol. The largest absolute Gasteiger partial charge is 0.298 e. The van der Waals surface area contributed by atoms with E-state index in [4.69, 9.17) is 10.8 Å². The van der Waals surface area contributed by atoms with Gasteiger partial charge in [-0.05, 0) is 24.3 Å². The van der Waals surface area contributed by atoms with Crippen molar-refractivity contribution in [1.82, 2.24) is 0 Å². The van der Waals surface area contributed by atoms with E-state index in [0.29, 0.717) is 11.3 Å². The highest BCUT2D eigenvalue weighted by molar-refractivity contribution is 9.10. The molecule has 5 heteroatoms. The van der Waals surface area contributed by atoms with Gasteiger partial charge in [-0.1, -0.05) is 86.5 Å². The standard InChI is InChI=1S/C21H15Br2N3/c22-17-10-4-8-15(12-17)19(24)20(16-9-5-11-18(23)13-16)26-21(25)14-6-2-1-3-7-14/h1-13,24-25H. The lowest BCUT2D eigenvalue weighted by atomic mass is 9.99. The zero-order chi connectivity index (χ0) is 18.5. The molecule has 0 unspecified atom stereocenters. The normalized spacial score (nSPS) is 11.2. The third-order valence-corrected chi connectivity index (χ3v) is 4.71. The predicted molar refractivity (Wildman–Crippen MR) is 115 cm³/mol. The number of nitrogens with one attached hydrogen (secondary N) is 2. The summed E-state index contributed by atoms with van der Waals surface area (Å²) in [6.07, 6.45) is 0. The van der Waals surface area contributed by atoms with E-state index in [0.717, 1.165) is 20.1 Å². The van der Waals surface area contributed by atoms with Crippen molar-refractivity contribution < 1.29 is 0 Å². The van der Waals surface area contributed by atoms with Crippen molar-refractivity contribution in [3.63, 3.8) is 0 Å². The molecule has 128 valence electrons. The molecule has 0 spiro atoms. The van der Waals surface area contributed by atoms with Gasteiger partial charge in [0, 0.05) is 25.6 Å². The smallest absolute Gasteiger partial charge is 0.152 e. The number of halogens is 2. The lowest BCUT2D eigenvalue weighted by Crippen LogP contribution is -2.18. The van der Waals surface area contributed by atoms with Gasteiger partial charge in [0.1, 0.15) is 0 Å². The predicted octanol–water partition coefficient (Wildman–Crippen LogP) is 6.09. The van der Waals surface area contributed by atoms with Gasteiger partial charge in [0.15, 0.2) is 5.84 Å². The summed E-state index contributed by atoms with van der Waals surface area (Å²) in [5.74, 6) is 0.125. The minimum absolute atomic E-state index is 0.125. The van der Waals surface area contributed by atoms with Gasteiger partial charge in [-0.2, -0.15) is 0 Å². The second-order valence-corrected chi connectivity index (χ2v) is 7.40. The maximum absolute atomic E-state index is 8.68. The monoisotopic (exact) mass is 467 g/mol. The van der Waals surface area contributed by atoms with E-state index in [1.54, 1.807) is 0 Å². The minimum atomic E-state index is 0.125. The molecule has 26 heavy (non-hydrogen) atoms. The summed E-state index contributed by atoms with van der Waals surface area (Å²) < 4.78 is 1.79. The first-order valence-electron chi connectivity index (χ1n) is 7.88. The summed E-state index contributed by atoms with van der Waals surface area (Å²) in [6.45, 7) is 0. The number of aliphatic imine (C=N–C) groups is 1. The van der Waals surface area contributed by atoms with Crippen LogP contribution in [0, 0.1) is 10.8 Å². The van der Waals surface area contributed by atoms with Crippen LogP contribution in [0.5, 0.6) is 0 Å². The lowest BCUT2D eigenvalue weighted by molar-refractivity contribution is 1.41. The zero-order valence-corrected chi connectivity index (χ0v) is 16.9. The first-order valence-corrected chi connectivity index (χ1v) is 9.46. The van der Waals surface area contributed by atoms with Gasteiger partial charge in [0.2, 0.25) is 0 Å². The fourth-order valence-electron chi connectivity index (χ4n) is 2.45. The molecule has 0 atom stereocenters. The van der Waals surface area contributed by atoms with Crippen LogP contribution in [0.15, 0.2) is 92.8 Å². The Hall–Kier alpha value is -2.37. The van der Waals surface area contributed by atoms with E-state index in [-0.39, 0.29) is 11.5 Å². The summed E-state index contributed by atoms with van der Waals surface area (Å²) in [6, 6.07) is 24.5. The minimum Gasteiger partial charge on any atom is -0.298 e. The van der Waals surface area contributed by atoms with Crippen molar-refractivity contribution in [3.05, 3.63) is 104 Å². The molecule has 0 aliphatic heterocycles. The summed E-state index contributed by atoms with van der Waals surface area (Å²) in [4.78, 5) is 4.50. The molecule has 3 nitrogen and oxygen atoms in total. The summed E-state index contributed by atoms with van der Waals surface area (Å²) >= 11 is 6.92. The van der Waals surface area contributed by atoms with Crippen molar-refractivity contribution in [1.29, 1.82) is 10.8 Å². The Morgan fingerprint density at radius 2 is 1.19 bits per heavy atom. The fourth-order valence-corrected chi connectivity index (χ4v) is 3.25. The SMILES string of the molecule is N=C(N=C(C(=N)c1cccc(Br)c1)c1cccc(Br)c1)c1ccccc1. The van der Waals surface area contributed by atoms with Crippen molar-refractivity contribution in [2.45, 2.75) is 0 Å². The number of hydrogen-bond acceptors (Lipinski definition) is 2. The third-order valence-electron chi connectivity index (χ3n) is 3.72. The number of benzene rings is 3. The molecule has 3 rings (SSSR count). The van der Waals surface area contributed by atoms with E-state index in [2.05, 4.69) is 36.9 Å². The van der Waals surface area contributed by atoms with Crippen LogP contribution in [-0.2, 0) is 0 Å². The van der Waals surface area contributed by atoms with E-state index < -0.39 is 0 Å². The fraction of sp³-hybridized carbons (Fsp3) is 0. The van der Waals surface area contributed by atoms with Crippen LogP contribution < -0.4 is 0 Å². The Bertz CT molecular complexity index is 995. The first kappa shape index (κ1) is 18.4. The van der Waals surface area contributed by atoms with Crippen molar-refractivity contribution in [2.75, 3.05) is 0 Å². The Labute approximate surface area is 169 Å². The Balaban J connectivity index is 2.09.